The van der Waals surface area contributed by atoms with E-state index in [1.807, 2.05) is 0 Å². The molecule has 0 radical (unpaired) electrons. The van der Waals surface area contributed by atoms with E-state index in [9.17, 15) is 18.0 Å². The van der Waals surface area contributed by atoms with E-state index >= 15 is 0 Å². The number of halogens is 3. The van der Waals surface area contributed by atoms with E-state index in [4.69, 9.17) is 4.74 Å². The number of ether oxygens (including phenoxy) is 1. The van der Waals surface area contributed by atoms with Crippen molar-refractivity contribution in [1.82, 2.24) is 10.6 Å². The third kappa shape index (κ3) is 6.90. The highest BCUT2D eigenvalue weighted by molar-refractivity contribution is 5.75. The quantitative estimate of drug-likeness (QED) is 0.684. The van der Waals surface area contributed by atoms with Crippen LogP contribution >= 0.6 is 0 Å². The molecule has 130 valence electrons. The molecule has 23 heavy (non-hydrogen) atoms. The maximum absolute atomic E-state index is 12.9. The normalized spacial score (nSPS) is 12.7. The topological polar surface area (TPSA) is 50.4 Å². The fourth-order valence-electron chi connectivity index (χ4n) is 1.99. The molecule has 1 atom stereocenters. The van der Waals surface area contributed by atoms with Crippen molar-refractivity contribution < 1.29 is 22.7 Å². The molecule has 0 bridgehead atoms. The van der Waals surface area contributed by atoms with Gasteiger partial charge in [0.2, 0.25) is 5.91 Å². The average Bonchev–Trinajstić information content (AvgIpc) is 2.51. The number of amides is 1. The number of hydrogen-bond acceptors (Lipinski definition) is 3. The third-order valence-electron chi connectivity index (χ3n) is 3.30. The first-order valence-electron chi connectivity index (χ1n) is 7.62. The van der Waals surface area contributed by atoms with Gasteiger partial charge in [-0.2, -0.15) is 13.2 Å². The zero-order chi connectivity index (χ0) is 17.3. The van der Waals surface area contributed by atoms with Crippen LogP contribution in [0.25, 0.3) is 0 Å². The van der Waals surface area contributed by atoms with Gasteiger partial charge in [0.15, 0.2) is 0 Å². The molecule has 0 fully saturated rings. The van der Waals surface area contributed by atoms with E-state index in [1.165, 1.54) is 18.2 Å². The van der Waals surface area contributed by atoms with Gasteiger partial charge in [-0.25, -0.2) is 0 Å². The van der Waals surface area contributed by atoms with Crippen LogP contribution in [-0.4, -0.2) is 32.1 Å². The van der Waals surface area contributed by atoms with Crippen LogP contribution in [0, 0.1) is 0 Å². The van der Waals surface area contributed by atoms with Gasteiger partial charge in [0.1, 0.15) is 11.9 Å². The van der Waals surface area contributed by atoms with Gasteiger partial charge >= 0.3 is 6.18 Å². The lowest BCUT2D eigenvalue weighted by molar-refractivity contribution is -0.139. The van der Waals surface area contributed by atoms with Crippen molar-refractivity contribution >= 4 is 5.91 Å². The molecule has 0 aliphatic rings. The van der Waals surface area contributed by atoms with Crippen molar-refractivity contribution in [1.29, 1.82) is 0 Å². The summed E-state index contributed by atoms with van der Waals surface area (Å²) in [5, 5.41) is 5.64. The first-order chi connectivity index (χ1) is 10.9. The number of nitrogens with one attached hydrogen (secondary N) is 2. The van der Waals surface area contributed by atoms with Crippen molar-refractivity contribution in [3.05, 3.63) is 29.8 Å². The van der Waals surface area contributed by atoms with Crippen LogP contribution in [0.1, 0.15) is 31.7 Å². The van der Waals surface area contributed by atoms with Crippen molar-refractivity contribution in [3.63, 3.8) is 0 Å². The molecule has 0 aromatic heterocycles. The van der Waals surface area contributed by atoms with Crippen LogP contribution < -0.4 is 15.4 Å². The Labute approximate surface area is 134 Å². The molecule has 0 aliphatic carbocycles. The fourth-order valence-corrected chi connectivity index (χ4v) is 1.99. The molecule has 1 aromatic carbocycles. The summed E-state index contributed by atoms with van der Waals surface area (Å²) in [7, 11) is 1.80. The summed E-state index contributed by atoms with van der Waals surface area (Å²) in [6.07, 6.45) is -3.41. The Hall–Kier alpha value is -1.76. The highest BCUT2D eigenvalue weighted by atomic mass is 19.4. The van der Waals surface area contributed by atoms with Gasteiger partial charge in [0.05, 0.1) is 12.1 Å². The summed E-state index contributed by atoms with van der Waals surface area (Å²) in [4.78, 5) is 11.6. The lowest BCUT2D eigenvalue weighted by atomic mass is 10.2. The maximum Gasteiger partial charge on any atom is 0.419 e. The predicted molar refractivity (Wildman–Crippen MR) is 82.3 cm³/mol. The number of benzene rings is 1. The van der Waals surface area contributed by atoms with Crippen LogP contribution in [0.3, 0.4) is 0 Å². The van der Waals surface area contributed by atoms with Gasteiger partial charge in [-0.05, 0) is 38.6 Å². The van der Waals surface area contributed by atoms with Crippen LogP contribution in [-0.2, 0) is 11.0 Å². The maximum atomic E-state index is 12.9. The van der Waals surface area contributed by atoms with Gasteiger partial charge in [-0.1, -0.05) is 19.1 Å². The number of carbonyl (C=O) groups excluding carboxylic acids is 1. The minimum atomic E-state index is -4.47. The highest BCUT2D eigenvalue weighted by Gasteiger charge is 2.34. The largest absolute Gasteiger partial charge is 0.488 e. The van der Waals surface area contributed by atoms with E-state index in [2.05, 4.69) is 10.6 Å². The lowest BCUT2D eigenvalue weighted by Gasteiger charge is -2.21. The molecule has 1 amide bonds. The molecule has 1 unspecified atom stereocenters. The molecule has 2 N–H and O–H groups in total. The highest BCUT2D eigenvalue weighted by Crippen LogP contribution is 2.36. The Morgan fingerprint density at radius 3 is 2.61 bits per heavy atom. The van der Waals surface area contributed by atoms with E-state index in [0.29, 0.717) is 19.3 Å². The van der Waals surface area contributed by atoms with Crippen LogP contribution in [0.4, 0.5) is 13.2 Å². The minimum Gasteiger partial charge on any atom is -0.488 e. The van der Waals surface area contributed by atoms with Gasteiger partial charge in [-0.15, -0.1) is 0 Å². The second kappa shape index (κ2) is 9.39. The predicted octanol–water partition coefficient (Wildman–Crippen LogP) is 2.98. The van der Waals surface area contributed by atoms with Crippen LogP contribution in [0.5, 0.6) is 5.75 Å². The molecular weight excluding hydrogens is 309 g/mol. The first-order valence-corrected chi connectivity index (χ1v) is 7.62. The standard InChI is InChI=1S/C16H23F3N2O2/c1-3-12(11-21-15(22)9-6-10-20-2)23-14-8-5-4-7-13(14)16(17,18)19/h4-5,7-8,12,20H,3,6,9-11H2,1-2H3,(H,21,22). The van der Waals surface area contributed by atoms with Crippen molar-refractivity contribution in [3.8, 4) is 5.75 Å². The van der Waals surface area contributed by atoms with Crippen molar-refractivity contribution in [2.45, 2.75) is 38.5 Å². The minimum absolute atomic E-state index is 0.133. The van der Waals surface area contributed by atoms with Crippen molar-refractivity contribution in [2.24, 2.45) is 0 Å². The molecule has 1 rings (SSSR count). The van der Waals surface area contributed by atoms with E-state index in [0.717, 1.165) is 12.6 Å². The van der Waals surface area contributed by atoms with Crippen LogP contribution in [0.15, 0.2) is 24.3 Å². The summed E-state index contributed by atoms with van der Waals surface area (Å²) in [6, 6.07) is 5.09. The molecule has 7 heteroatoms. The van der Waals surface area contributed by atoms with Gasteiger partial charge in [0.25, 0.3) is 0 Å². The molecule has 0 saturated carbocycles. The zero-order valence-corrected chi connectivity index (χ0v) is 13.4. The van der Waals surface area contributed by atoms with Gasteiger partial charge in [0, 0.05) is 6.42 Å². The monoisotopic (exact) mass is 332 g/mol. The molecule has 4 nitrogen and oxygen atoms in total. The summed E-state index contributed by atoms with van der Waals surface area (Å²) in [5.74, 6) is -0.345. The lowest BCUT2D eigenvalue weighted by Crippen LogP contribution is -2.35. The van der Waals surface area contributed by atoms with Gasteiger partial charge < -0.3 is 15.4 Å². The Balaban J connectivity index is 2.59. The number of rotatable bonds is 9. The summed E-state index contributed by atoms with van der Waals surface area (Å²) in [5.41, 5.74) is -0.807. The molecular formula is C16H23F3N2O2. The second-order valence-electron chi connectivity index (χ2n) is 5.15. The molecule has 0 saturated heterocycles. The molecule has 0 heterocycles. The molecule has 1 aromatic rings. The summed E-state index contributed by atoms with van der Waals surface area (Å²) >= 11 is 0. The molecule has 0 aliphatic heterocycles. The Morgan fingerprint density at radius 1 is 1.30 bits per heavy atom. The van der Waals surface area contributed by atoms with E-state index < -0.39 is 17.8 Å². The summed E-state index contributed by atoms with van der Waals surface area (Å²) < 4.78 is 44.3. The third-order valence-corrected chi connectivity index (χ3v) is 3.30. The Bertz CT molecular complexity index is 492. The molecule has 0 spiro atoms. The second-order valence-corrected chi connectivity index (χ2v) is 5.15. The number of hydrogen-bond donors (Lipinski definition) is 2. The van der Waals surface area contributed by atoms with E-state index in [1.54, 1.807) is 14.0 Å². The van der Waals surface area contributed by atoms with E-state index in [-0.39, 0.29) is 18.2 Å². The Morgan fingerprint density at radius 2 is 2.00 bits per heavy atom. The van der Waals surface area contributed by atoms with Crippen molar-refractivity contribution in [2.75, 3.05) is 20.1 Å². The number of alkyl halides is 3. The Kier molecular flexibility index (Phi) is 7.88. The zero-order valence-electron chi connectivity index (χ0n) is 13.4. The van der Waals surface area contributed by atoms with Gasteiger partial charge in [-0.3, -0.25) is 4.79 Å². The number of carbonyl (C=O) groups is 1. The van der Waals surface area contributed by atoms with Crippen LogP contribution in [0.2, 0.25) is 0 Å². The first kappa shape index (κ1) is 19.3. The fraction of sp³-hybridized carbons (Fsp3) is 0.562. The number of para-hydroxylation sites is 1. The summed E-state index contributed by atoms with van der Waals surface area (Å²) in [6.45, 7) is 2.72. The average molecular weight is 332 g/mol. The smallest absolute Gasteiger partial charge is 0.419 e. The SMILES string of the molecule is CCC(CNC(=O)CCCNC)Oc1ccccc1C(F)(F)F.